The van der Waals surface area contributed by atoms with Crippen molar-refractivity contribution in [2.75, 3.05) is 0 Å². The fraction of sp³-hybridized carbons (Fsp3) is 0.0909. The predicted molar refractivity (Wildman–Crippen MR) is 67.8 cm³/mol. The second kappa shape index (κ2) is 4.50. The molecule has 1 heterocycles. The minimum atomic E-state index is -4.67. The Morgan fingerprint density at radius 2 is 1.40 bits per heavy atom. The summed E-state index contributed by atoms with van der Waals surface area (Å²) in [6.45, 7) is 0. The van der Waals surface area contributed by atoms with Crippen LogP contribution in [0.25, 0.3) is 10.8 Å². The first-order valence-electron chi connectivity index (χ1n) is 5.41. The number of rotatable bonds is 1. The summed E-state index contributed by atoms with van der Waals surface area (Å²) in [5.41, 5.74) is 0.276. The van der Waals surface area contributed by atoms with Crippen LogP contribution in [0.2, 0.25) is 0 Å². The summed E-state index contributed by atoms with van der Waals surface area (Å²) in [6.07, 6.45) is -1.61. The van der Waals surface area contributed by atoms with Gasteiger partial charge in [-0.3, -0.25) is 0 Å². The van der Waals surface area contributed by atoms with E-state index in [0.29, 0.717) is 5.39 Å². The third-order valence-electron chi connectivity index (χ3n) is 2.65. The van der Waals surface area contributed by atoms with Crippen LogP contribution >= 0.6 is 0 Å². The smallest absolute Gasteiger partial charge is 0.209 e. The first-order chi connectivity index (χ1) is 9.36. The Hall–Kier alpha value is -1.52. The Morgan fingerprint density at radius 3 is 2.10 bits per heavy atom. The fourth-order valence-electron chi connectivity index (χ4n) is 1.92. The molecule has 1 aliphatic heterocycles. The molecule has 0 radical (unpaired) electrons. The van der Waals surface area contributed by atoms with Gasteiger partial charge in [-0.05, 0) is 10.8 Å². The zero-order valence-electron chi connectivity index (χ0n) is 9.79. The van der Waals surface area contributed by atoms with Crippen molar-refractivity contribution in [1.29, 1.82) is 0 Å². The van der Waals surface area contributed by atoms with Crippen molar-refractivity contribution in [1.82, 2.24) is 0 Å². The maximum atomic E-state index is 11.3. The lowest BCUT2D eigenvalue weighted by atomic mass is 10.0. The molecule has 2 aromatic rings. The van der Waals surface area contributed by atoms with E-state index in [-0.39, 0.29) is 5.56 Å². The van der Waals surface area contributed by atoms with Crippen molar-refractivity contribution < 1.29 is 28.8 Å². The monoisotopic (exact) mass is 316 g/mol. The largest absolute Gasteiger partial charge is 0.419 e. The summed E-state index contributed by atoms with van der Waals surface area (Å²) in [6, 6.07) is 12.0. The fourth-order valence-corrected chi connectivity index (χ4v) is 3.76. The average Bonchev–Trinajstić information content (AvgIpc) is 2.34. The van der Waals surface area contributed by atoms with Crippen molar-refractivity contribution in [3.63, 3.8) is 0 Å². The van der Waals surface area contributed by atoms with Crippen LogP contribution in [0.1, 0.15) is 11.9 Å². The molecular formula is C11H8O7S2. The maximum Gasteiger partial charge on any atom is 0.419 e. The molecule has 0 atom stereocenters. The molecule has 0 amide bonds. The van der Waals surface area contributed by atoms with Crippen molar-refractivity contribution in [3.8, 4) is 0 Å². The van der Waals surface area contributed by atoms with Crippen LogP contribution in [0.5, 0.6) is 0 Å². The first kappa shape index (κ1) is 13.5. The van der Waals surface area contributed by atoms with Gasteiger partial charge < -0.3 is 0 Å². The van der Waals surface area contributed by atoms with E-state index >= 15 is 0 Å². The molecule has 0 aromatic heterocycles. The van der Waals surface area contributed by atoms with Crippen LogP contribution in [0, 0.1) is 0 Å². The van der Waals surface area contributed by atoms with E-state index in [4.69, 9.17) is 0 Å². The van der Waals surface area contributed by atoms with Gasteiger partial charge in [0.05, 0.1) is 0 Å². The second-order valence-electron chi connectivity index (χ2n) is 3.98. The normalized spacial score (nSPS) is 21.8. The summed E-state index contributed by atoms with van der Waals surface area (Å²) in [5.74, 6) is 0. The number of hydrogen-bond acceptors (Lipinski definition) is 7. The molecule has 1 fully saturated rings. The molecule has 106 valence electrons. The zero-order chi connectivity index (χ0) is 14.4. The lowest BCUT2D eigenvalue weighted by molar-refractivity contribution is -0.0191. The average molecular weight is 316 g/mol. The second-order valence-corrected chi connectivity index (χ2v) is 6.54. The SMILES string of the molecule is O=S1(=O)OC(c2cccc3ccccc23)OS(=O)(=O)O1. The third kappa shape index (κ3) is 2.53. The highest BCUT2D eigenvalue weighted by molar-refractivity contribution is 7.95. The minimum absolute atomic E-state index is 0.276. The van der Waals surface area contributed by atoms with Gasteiger partial charge in [-0.15, -0.1) is 3.63 Å². The van der Waals surface area contributed by atoms with Crippen molar-refractivity contribution in [2.24, 2.45) is 0 Å². The van der Waals surface area contributed by atoms with Crippen molar-refractivity contribution >= 4 is 31.6 Å². The standard InChI is InChI=1S/C11H8O7S2/c12-19(13)16-11(17-20(14,15)18-19)10-7-3-5-8-4-1-2-6-9(8)10/h1-7,11H. The molecule has 0 aliphatic carbocycles. The van der Waals surface area contributed by atoms with Crippen molar-refractivity contribution in [3.05, 3.63) is 48.0 Å². The molecule has 20 heavy (non-hydrogen) atoms. The Bertz CT molecular complexity index is 831. The highest BCUT2D eigenvalue weighted by Crippen LogP contribution is 2.34. The van der Waals surface area contributed by atoms with E-state index in [0.717, 1.165) is 5.39 Å². The lowest BCUT2D eigenvalue weighted by Crippen LogP contribution is -2.29. The molecule has 9 heteroatoms. The molecule has 0 unspecified atom stereocenters. The number of benzene rings is 2. The van der Waals surface area contributed by atoms with Crippen LogP contribution in [0.4, 0.5) is 0 Å². The Morgan fingerprint density at radius 1 is 0.800 bits per heavy atom. The van der Waals surface area contributed by atoms with E-state index in [2.05, 4.69) is 12.0 Å². The maximum absolute atomic E-state index is 11.3. The van der Waals surface area contributed by atoms with Crippen LogP contribution < -0.4 is 0 Å². The van der Waals surface area contributed by atoms with E-state index in [1.807, 2.05) is 0 Å². The molecule has 1 aliphatic rings. The van der Waals surface area contributed by atoms with Crippen molar-refractivity contribution in [2.45, 2.75) is 6.29 Å². The van der Waals surface area contributed by atoms with Gasteiger partial charge in [-0.1, -0.05) is 42.5 Å². The van der Waals surface area contributed by atoms with Gasteiger partial charge in [0.15, 0.2) is 0 Å². The molecule has 0 saturated carbocycles. The highest BCUT2D eigenvalue weighted by Gasteiger charge is 2.39. The van der Waals surface area contributed by atoms with Gasteiger partial charge in [0, 0.05) is 5.56 Å². The first-order valence-corrected chi connectivity index (χ1v) is 8.08. The number of hydrogen-bond donors (Lipinski definition) is 0. The van der Waals surface area contributed by atoms with Gasteiger partial charge >= 0.3 is 20.8 Å². The van der Waals surface area contributed by atoms with Gasteiger partial charge in [0.2, 0.25) is 6.29 Å². The molecule has 7 nitrogen and oxygen atoms in total. The molecule has 1 saturated heterocycles. The van der Waals surface area contributed by atoms with Crippen LogP contribution in [0.3, 0.4) is 0 Å². The summed E-state index contributed by atoms with van der Waals surface area (Å²) in [5, 5.41) is 1.41. The van der Waals surface area contributed by atoms with Gasteiger partial charge in [0.25, 0.3) is 0 Å². The summed E-state index contributed by atoms with van der Waals surface area (Å²) < 4.78 is 58.0. The predicted octanol–water partition coefficient (Wildman–Crippen LogP) is 1.39. The molecule has 0 spiro atoms. The van der Waals surface area contributed by atoms with E-state index in [9.17, 15) is 16.8 Å². The minimum Gasteiger partial charge on any atom is -0.209 e. The Balaban J connectivity index is 2.16. The Labute approximate surface area is 115 Å². The molecule has 3 rings (SSSR count). The highest BCUT2D eigenvalue weighted by atomic mass is 32.3. The van der Waals surface area contributed by atoms with E-state index < -0.39 is 27.1 Å². The summed E-state index contributed by atoms with van der Waals surface area (Å²) in [4.78, 5) is 0. The topological polar surface area (TPSA) is 96.0 Å². The Kier molecular flexibility index (Phi) is 3.03. The molecule has 0 bridgehead atoms. The van der Waals surface area contributed by atoms with E-state index in [1.54, 1.807) is 36.4 Å². The van der Waals surface area contributed by atoms with E-state index in [1.165, 1.54) is 6.07 Å². The molecule has 2 aromatic carbocycles. The third-order valence-corrected chi connectivity index (χ3v) is 4.81. The number of fused-ring (bicyclic) bond motifs is 1. The molecule has 0 N–H and O–H groups in total. The van der Waals surface area contributed by atoms with Gasteiger partial charge in [-0.25, -0.2) is 8.37 Å². The molecular weight excluding hydrogens is 308 g/mol. The van der Waals surface area contributed by atoms with Gasteiger partial charge in [-0.2, -0.15) is 16.8 Å². The van der Waals surface area contributed by atoms with Gasteiger partial charge in [0.1, 0.15) is 0 Å². The lowest BCUT2D eigenvalue weighted by Gasteiger charge is -2.22. The summed E-state index contributed by atoms with van der Waals surface area (Å²) >= 11 is 0. The summed E-state index contributed by atoms with van der Waals surface area (Å²) in [7, 11) is -9.34. The zero-order valence-corrected chi connectivity index (χ0v) is 11.4. The van der Waals surface area contributed by atoms with Crippen LogP contribution in [0.15, 0.2) is 42.5 Å². The van der Waals surface area contributed by atoms with Crippen LogP contribution in [-0.2, 0) is 32.8 Å². The quantitative estimate of drug-likeness (QED) is 0.784. The van der Waals surface area contributed by atoms with Crippen LogP contribution in [-0.4, -0.2) is 16.8 Å².